The zero-order valence-corrected chi connectivity index (χ0v) is 15.7. The number of aliphatic hydroxyl groups is 1. The van der Waals surface area contributed by atoms with Gasteiger partial charge < -0.3 is 15.2 Å². The average Bonchev–Trinajstić information content (AvgIpc) is 2.67. The predicted molar refractivity (Wildman–Crippen MR) is 103 cm³/mol. The lowest BCUT2D eigenvalue weighted by molar-refractivity contribution is -0.122. The molecule has 0 spiro atoms. The van der Waals surface area contributed by atoms with Crippen LogP contribution in [0.4, 0.5) is 0 Å². The smallest absolute Gasteiger partial charge is 0.267 e. The van der Waals surface area contributed by atoms with Gasteiger partial charge in [0.2, 0.25) is 5.91 Å². The zero-order valence-electron chi connectivity index (χ0n) is 14.8. The number of hydrogen-bond donors (Lipinski definition) is 2. The highest BCUT2D eigenvalue weighted by Gasteiger charge is 2.13. The number of aromatic nitrogens is 2. The molecule has 2 rings (SSSR count). The van der Waals surface area contributed by atoms with E-state index >= 15 is 0 Å². The molecule has 1 aromatic heterocycles. The first-order valence-electron chi connectivity index (χ1n) is 8.19. The number of aliphatic hydroxyl groups excluding tert-OH is 1. The normalized spacial score (nSPS) is 11.8. The maximum atomic E-state index is 12.2. The molecular weight excluding hydrogens is 354 g/mol. The van der Waals surface area contributed by atoms with Gasteiger partial charge in [-0.25, -0.2) is 4.68 Å². The summed E-state index contributed by atoms with van der Waals surface area (Å²) in [5, 5.41) is 16.3. The number of nitrogens with zero attached hydrogens (tertiary/aromatic N) is 2. The second kappa shape index (κ2) is 9.98. The molecule has 2 N–H and O–H groups in total. The van der Waals surface area contributed by atoms with Crippen molar-refractivity contribution in [3.63, 3.8) is 0 Å². The molecule has 0 bridgehead atoms. The number of carbonyl (C=O) groups excluding carboxylic acids is 1. The largest absolute Gasteiger partial charge is 0.497 e. The molecule has 0 unspecified atom stereocenters. The number of methoxy groups -OCH3 is 1. The standard InChI is InChI=1S/C18H23N3O4S/c1-25-15-5-3-13(4-6-15)16-7-8-18(24)21(20-16)11-17(23)19-14(12-22)9-10-26-2/h3-8,14,22H,9-12H2,1-2H3,(H,19,23)/t14-/m0/s1. The summed E-state index contributed by atoms with van der Waals surface area (Å²) in [5.41, 5.74) is 1.04. The molecule has 1 amide bonds. The molecule has 1 atom stereocenters. The fourth-order valence-corrected chi connectivity index (χ4v) is 2.88. The third-order valence-electron chi connectivity index (χ3n) is 3.80. The molecule has 8 heteroatoms. The van der Waals surface area contributed by atoms with Gasteiger partial charge in [-0.1, -0.05) is 0 Å². The Morgan fingerprint density at radius 3 is 2.65 bits per heavy atom. The van der Waals surface area contributed by atoms with Gasteiger partial charge in [-0.15, -0.1) is 0 Å². The van der Waals surface area contributed by atoms with Gasteiger partial charge in [-0.2, -0.15) is 16.9 Å². The summed E-state index contributed by atoms with van der Waals surface area (Å²) in [6.45, 7) is -0.334. The van der Waals surface area contributed by atoms with Crippen LogP contribution in [0.25, 0.3) is 11.3 Å². The van der Waals surface area contributed by atoms with Gasteiger partial charge in [0.25, 0.3) is 5.56 Å². The Hall–Kier alpha value is -2.32. The first kappa shape index (κ1) is 20.0. The van der Waals surface area contributed by atoms with Crippen LogP contribution in [0.15, 0.2) is 41.2 Å². The van der Waals surface area contributed by atoms with Crippen LogP contribution < -0.4 is 15.6 Å². The van der Waals surface area contributed by atoms with Crippen LogP contribution in [0.5, 0.6) is 5.75 Å². The van der Waals surface area contributed by atoms with Crippen molar-refractivity contribution in [2.45, 2.75) is 19.0 Å². The van der Waals surface area contributed by atoms with E-state index in [1.54, 1.807) is 37.1 Å². The van der Waals surface area contributed by atoms with E-state index in [-0.39, 0.29) is 30.7 Å². The number of carbonyl (C=O) groups is 1. The van der Waals surface area contributed by atoms with E-state index < -0.39 is 0 Å². The van der Waals surface area contributed by atoms with Crippen LogP contribution in [0.1, 0.15) is 6.42 Å². The highest BCUT2D eigenvalue weighted by atomic mass is 32.2. The van der Waals surface area contributed by atoms with Crippen molar-refractivity contribution in [3.05, 3.63) is 46.8 Å². The van der Waals surface area contributed by atoms with Crippen molar-refractivity contribution < 1.29 is 14.6 Å². The highest BCUT2D eigenvalue weighted by molar-refractivity contribution is 7.98. The molecule has 1 heterocycles. The van der Waals surface area contributed by atoms with Gasteiger partial charge in [-0.3, -0.25) is 9.59 Å². The lowest BCUT2D eigenvalue weighted by Gasteiger charge is -2.16. The van der Waals surface area contributed by atoms with Crippen LogP contribution in [0.2, 0.25) is 0 Å². The number of benzene rings is 1. The minimum Gasteiger partial charge on any atom is -0.497 e. The maximum Gasteiger partial charge on any atom is 0.267 e. The second-order valence-electron chi connectivity index (χ2n) is 5.67. The number of rotatable bonds is 9. The van der Waals surface area contributed by atoms with Gasteiger partial charge in [0.1, 0.15) is 12.3 Å². The zero-order chi connectivity index (χ0) is 18.9. The van der Waals surface area contributed by atoms with Crippen LogP contribution in [-0.4, -0.2) is 52.6 Å². The molecule has 26 heavy (non-hydrogen) atoms. The fraction of sp³-hybridized carbons (Fsp3) is 0.389. The van der Waals surface area contributed by atoms with Crippen molar-refractivity contribution >= 4 is 17.7 Å². The van der Waals surface area contributed by atoms with Crippen molar-refractivity contribution in [2.24, 2.45) is 0 Å². The van der Waals surface area contributed by atoms with Crippen LogP contribution in [-0.2, 0) is 11.3 Å². The first-order valence-corrected chi connectivity index (χ1v) is 9.58. The predicted octanol–water partition coefficient (Wildman–Crippen LogP) is 1.15. The van der Waals surface area contributed by atoms with Crippen molar-refractivity contribution in [1.29, 1.82) is 0 Å². The van der Waals surface area contributed by atoms with Crippen LogP contribution >= 0.6 is 11.8 Å². The summed E-state index contributed by atoms with van der Waals surface area (Å²) >= 11 is 1.64. The van der Waals surface area contributed by atoms with E-state index in [1.807, 2.05) is 18.4 Å². The van der Waals surface area contributed by atoms with E-state index in [4.69, 9.17) is 4.74 Å². The Labute approximate surface area is 156 Å². The molecule has 140 valence electrons. The molecular formula is C18H23N3O4S. The van der Waals surface area contributed by atoms with E-state index in [0.29, 0.717) is 12.1 Å². The SMILES string of the molecule is COc1ccc(-c2ccc(=O)n(CC(=O)N[C@H](CO)CCSC)n2)cc1. The molecule has 0 saturated heterocycles. The van der Waals surface area contributed by atoms with Crippen molar-refractivity contribution in [3.8, 4) is 17.0 Å². The second-order valence-corrected chi connectivity index (χ2v) is 6.66. The number of ether oxygens (including phenoxy) is 1. The minimum atomic E-state index is -0.359. The lowest BCUT2D eigenvalue weighted by Crippen LogP contribution is -2.41. The Kier molecular flexibility index (Phi) is 7.68. The third-order valence-corrected chi connectivity index (χ3v) is 4.45. The van der Waals surface area contributed by atoms with Gasteiger partial charge in [0.05, 0.1) is 25.5 Å². The molecule has 0 aliphatic rings. The first-order chi connectivity index (χ1) is 12.6. The molecule has 1 aromatic carbocycles. The Bertz CT molecular complexity index is 777. The monoisotopic (exact) mass is 377 g/mol. The van der Waals surface area contributed by atoms with Gasteiger partial charge >= 0.3 is 0 Å². The average molecular weight is 377 g/mol. The molecule has 0 fully saturated rings. The van der Waals surface area contributed by atoms with E-state index in [9.17, 15) is 14.7 Å². The molecule has 0 aliphatic carbocycles. The number of nitrogens with one attached hydrogen (secondary N) is 1. The molecule has 0 saturated carbocycles. The van der Waals surface area contributed by atoms with Crippen LogP contribution in [0, 0.1) is 0 Å². The quantitative estimate of drug-likeness (QED) is 0.681. The molecule has 0 aliphatic heterocycles. The molecule has 0 radical (unpaired) electrons. The van der Waals surface area contributed by atoms with Crippen molar-refractivity contribution in [1.82, 2.24) is 15.1 Å². The maximum absolute atomic E-state index is 12.2. The van der Waals surface area contributed by atoms with Gasteiger partial charge in [0, 0.05) is 11.6 Å². The number of amides is 1. The summed E-state index contributed by atoms with van der Waals surface area (Å²) < 4.78 is 6.25. The topological polar surface area (TPSA) is 93.5 Å². The Balaban J connectivity index is 2.11. The van der Waals surface area contributed by atoms with Gasteiger partial charge in [-0.05, 0) is 48.8 Å². The number of hydrogen-bond acceptors (Lipinski definition) is 6. The Morgan fingerprint density at radius 2 is 2.04 bits per heavy atom. The highest BCUT2D eigenvalue weighted by Crippen LogP contribution is 2.19. The third kappa shape index (κ3) is 5.60. The lowest BCUT2D eigenvalue weighted by atomic mass is 10.1. The summed E-state index contributed by atoms with van der Waals surface area (Å²) in [4.78, 5) is 24.2. The molecule has 2 aromatic rings. The van der Waals surface area contributed by atoms with Crippen molar-refractivity contribution in [2.75, 3.05) is 25.7 Å². The summed E-state index contributed by atoms with van der Waals surface area (Å²) in [6.07, 6.45) is 2.63. The number of thioether (sulfide) groups is 1. The minimum absolute atomic E-state index is 0.138. The summed E-state index contributed by atoms with van der Waals surface area (Å²) in [7, 11) is 1.59. The summed E-state index contributed by atoms with van der Waals surface area (Å²) in [6, 6.07) is 9.95. The van der Waals surface area contributed by atoms with E-state index in [0.717, 1.165) is 21.7 Å². The summed E-state index contributed by atoms with van der Waals surface area (Å²) in [5.74, 6) is 1.20. The molecule has 7 nitrogen and oxygen atoms in total. The Morgan fingerprint density at radius 1 is 1.31 bits per heavy atom. The van der Waals surface area contributed by atoms with E-state index in [2.05, 4.69) is 10.4 Å². The van der Waals surface area contributed by atoms with Gasteiger partial charge in [0.15, 0.2) is 0 Å². The fourth-order valence-electron chi connectivity index (χ4n) is 2.36. The van der Waals surface area contributed by atoms with E-state index in [1.165, 1.54) is 6.07 Å². The van der Waals surface area contributed by atoms with Crippen LogP contribution in [0.3, 0.4) is 0 Å².